The minimum absolute atomic E-state index is 0.871. The number of hydrogen-bond donors (Lipinski definition) is 1. The van der Waals surface area contributed by atoms with E-state index in [0.717, 1.165) is 31.0 Å². The minimum Gasteiger partial charge on any atom is -0.312 e. The van der Waals surface area contributed by atoms with Crippen molar-refractivity contribution >= 4 is 5.65 Å². The summed E-state index contributed by atoms with van der Waals surface area (Å²) in [5, 5.41) is 11.9. The summed E-state index contributed by atoms with van der Waals surface area (Å²) >= 11 is 0. The summed E-state index contributed by atoms with van der Waals surface area (Å²) in [6, 6.07) is 12.6. The molecule has 0 saturated carbocycles. The molecule has 0 saturated heterocycles. The number of pyridine rings is 1. The Morgan fingerprint density at radius 2 is 1.86 bits per heavy atom. The maximum absolute atomic E-state index is 4.24. The first-order valence-corrected chi connectivity index (χ1v) is 7.29. The van der Waals surface area contributed by atoms with Crippen LogP contribution in [0.1, 0.15) is 22.5 Å². The molecule has 0 spiro atoms. The van der Waals surface area contributed by atoms with Gasteiger partial charge in [0.15, 0.2) is 5.65 Å². The highest BCUT2D eigenvalue weighted by molar-refractivity contribution is 5.37. The second kappa shape index (κ2) is 6.06. The van der Waals surface area contributed by atoms with Crippen LogP contribution in [0.4, 0.5) is 0 Å². The predicted molar refractivity (Wildman–Crippen MR) is 84.3 cm³/mol. The molecule has 0 aliphatic carbocycles. The first kappa shape index (κ1) is 13.8. The van der Waals surface area contributed by atoms with E-state index < -0.39 is 0 Å². The van der Waals surface area contributed by atoms with Crippen LogP contribution in [-0.4, -0.2) is 21.1 Å². The van der Waals surface area contributed by atoms with Gasteiger partial charge >= 0.3 is 0 Å². The SMILES string of the molecule is Cc1cc(C)cc(CNCCc2nnc3ccccn23)c1. The monoisotopic (exact) mass is 280 g/mol. The molecular formula is C17H20N4. The molecule has 0 unspecified atom stereocenters. The molecule has 1 aromatic carbocycles. The number of benzene rings is 1. The average molecular weight is 280 g/mol. The highest BCUT2D eigenvalue weighted by Gasteiger charge is 2.03. The van der Waals surface area contributed by atoms with Crippen LogP contribution in [0.5, 0.6) is 0 Å². The van der Waals surface area contributed by atoms with E-state index in [1.165, 1.54) is 16.7 Å². The van der Waals surface area contributed by atoms with E-state index in [1.54, 1.807) is 0 Å². The van der Waals surface area contributed by atoms with Crippen LogP contribution in [0.2, 0.25) is 0 Å². The van der Waals surface area contributed by atoms with Crippen molar-refractivity contribution in [1.82, 2.24) is 19.9 Å². The third-order valence-corrected chi connectivity index (χ3v) is 3.52. The van der Waals surface area contributed by atoms with Crippen LogP contribution in [0.25, 0.3) is 5.65 Å². The molecule has 0 radical (unpaired) electrons. The van der Waals surface area contributed by atoms with E-state index in [9.17, 15) is 0 Å². The normalized spacial score (nSPS) is 11.1. The summed E-state index contributed by atoms with van der Waals surface area (Å²) in [5.41, 5.74) is 4.87. The van der Waals surface area contributed by atoms with Gasteiger partial charge in [0.1, 0.15) is 5.82 Å². The third kappa shape index (κ3) is 3.28. The number of nitrogens with one attached hydrogen (secondary N) is 1. The highest BCUT2D eigenvalue weighted by atomic mass is 15.2. The predicted octanol–water partition coefficient (Wildman–Crippen LogP) is 2.68. The standard InChI is InChI=1S/C17H20N4/c1-13-9-14(2)11-15(10-13)12-18-7-6-17-20-19-16-5-3-4-8-21(16)17/h3-5,8-11,18H,6-7,12H2,1-2H3. The highest BCUT2D eigenvalue weighted by Crippen LogP contribution is 2.08. The first-order chi connectivity index (χ1) is 10.2. The molecule has 108 valence electrons. The Labute approximate surface area is 124 Å². The number of aryl methyl sites for hydroxylation is 2. The van der Waals surface area contributed by atoms with Gasteiger partial charge < -0.3 is 5.32 Å². The van der Waals surface area contributed by atoms with Crippen molar-refractivity contribution in [2.24, 2.45) is 0 Å². The van der Waals surface area contributed by atoms with E-state index in [1.807, 2.05) is 28.8 Å². The number of hydrogen-bond acceptors (Lipinski definition) is 3. The number of aromatic nitrogens is 3. The van der Waals surface area contributed by atoms with E-state index in [4.69, 9.17) is 0 Å². The van der Waals surface area contributed by atoms with Crippen LogP contribution in [0.3, 0.4) is 0 Å². The fourth-order valence-electron chi connectivity index (χ4n) is 2.67. The molecule has 0 aliphatic rings. The smallest absolute Gasteiger partial charge is 0.160 e. The van der Waals surface area contributed by atoms with E-state index in [0.29, 0.717) is 0 Å². The Morgan fingerprint density at radius 3 is 2.67 bits per heavy atom. The van der Waals surface area contributed by atoms with Crippen molar-refractivity contribution in [3.63, 3.8) is 0 Å². The van der Waals surface area contributed by atoms with Crippen molar-refractivity contribution in [1.29, 1.82) is 0 Å². The minimum atomic E-state index is 0.871. The molecule has 0 atom stereocenters. The Balaban J connectivity index is 1.56. The Bertz CT molecular complexity index is 725. The molecule has 0 aliphatic heterocycles. The summed E-state index contributed by atoms with van der Waals surface area (Å²) in [4.78, 5) is 0. The van der Waals surface area contributed by atoms with Crippen LogP contribution in [-0.2, 0) is 13.0 Å². The summed E-state index contributed by atoms with van der Waals surface area (Å²) in [5.74, 6) is 0.999. The van der Waals surface area contributed by atoms with Crippen molar-refractivity contribution < 1.29 is 0 Å². The van der Waals surface area contributed by atoms with Gasteiger partial charge in [-0.1, -0.05) is 35.4 Å². The summed E-state index contributed by atoms with van der Waals surface area (Å²) in [6.45, 7) is 6.06. The van der Waals surface area contributed by atoms with Crippen molar-refractivity contribution in [3.05, 3.63) is 65.1 Å². The lowest BCUT2D eigenvalue weighted by molar-refractivity contribution is 0.666. The second-order valence-corrected chi connectivity index (χ2v) is 5.47. The van der Waals surface area contributed by atoms with E-state index in [2.05, 4.69) is 47.6 Å². The number of fused-ring (bicyclic) bond motifs is 1. The third-order valence-electron chi connectivity index (χ3n) is 3.52. The molecule has 0 amide bonds. The van der Waals surface area contributed by atoms with E-state index in [-0.39, 0.29) is 0 Å². The van der Waals surface area contributed by atoms with Gasteiger partial charge in [-0.2, -0.15) is 0 Å². The molecule has 21 heavy (non-hydrogen) atoms. The van der Waals surface area contributed by atoms with Gasteiger partial charge in [0.25, 0.3) is 0 Å². The van der Waals surface area contributed by atoms with Crippen LogP contribution in [0.15, 0.2) is 42.6 Å². The van der Waals surface area contributed by atoms with Crippen molar-refractivity contribution in [2.75, 3.05) is 6.54 Å². The van der Waals surface area contributed by atoms with Gasteiger partial charge in [0, 0.05) is 25.7 Å². The van der Waals surface area contributed by atoms with Gasteiger partial charge in [-0.15, -0.1) is 10.2 Å². The zero-order chi connectivity index (χ0) is 14.7. The lowest BCUT2D eigenvalue weighted by Gasteiger charge is -2.07. The molecule has 4 heteroatoms. The van der Waals surface area contributed by atoms with Crippen molar-refractivity contribution in [3.8, 4) is 0 Å². The molecule has 3 aromatic rings. The molecule has 1 N–H and O–H groups in total. The molecule has 2 aromatic heterocycles. The van der Waals surface area contributed by atoms with Gasteiger partial charge in [0.2, 0.25) is 0 Å². The maximum Gasteiger partial charge on any atom is 0.160 e. The molecule has 3 rings (SSSR count). The number of nitrogens with zero attached hydrogens (tertiary/aromatic N) is 3. The molecule has 0 bridgehead atoms. The fourth-order valence-corrected chi connectivity index (χ4v) is 2.67. The summed E-state index contributed by atoms with van der Waals surface area (Å²) < 4.78 is 2.04. The molecule has 2 heterocycles. The lowest BCUT2D eigenvalue weighted by atomic mass is 10.1. The fraction of sp³-hybridized carbons (Fsp3) is 0.294. The second-order valence-electron chi connectivity index (χ2n) is 5.47. The van der Waals surface area contributed by atoms with Crippen LogP contribution >= 0.6 is 0 Å². The topological polar surface area (TPSA) is 42.2 Å². The zero-order valence-electron chi connectivity index (χ0n) is 12.5. The quantitative estimate of drug-likeness (QED) is 0.731. The van der Waals surface area contributed by atoms with Gasteiger partial charge in [-0.25, -0.2) is 0 Å². The van der Waals surface area contributed by atoms with Gasteiger partial charge in [0.05, 0.1) is 0 Å². The molecule has 4 nitrogen and oxygen atoms in total. The largest absolute Gasteiger partial charge is 0.312 e. The lowest BCUT2D eigenvalue weighted by Crippen LogP contribution is -2.17. The summed E-state index contributed by atoms with van der Waals surface area (Å²) in [7, 11) is 0. The first-order valence-electron chi connectivity index (χ1n) is 7.29. The molecular weight excluding hydrogens is 260 g/mol. The molecule has 0 fully saturated rings. The van der Waals surface area contributed by atoms with Gasteiger partial charge in [-0.05, 0) is 31.5 Å². The van der Waals surface area contributed by atoms with Crippen molar-refractivity contribution in [2.45, 2.75) is 26.8 Å². The van der Waals surface area contributed by atoms with Gasteiger partial charge in [-0.3, -0.25) is 4.40 Å². The van der Waals surface area contributed by atoms with Crippen LogP contribution < -0.4 is 5.32 Å². The average Bonchev–Trinajstić information content (AvgIpc) is 2.86. The van der Waals surface area contributed by atoms with E-state index >= 15 is 0 Å². The number of rotatable bonds is 5. The maximum atomic E-state index is 4.24. The Hall–Kier alpha value is -2.20. The zero-order valence-corrected chi connectivity index (χ0v) is 12.5. The summed E-state index contributed by atoms with van der Waals surface area (Å²) in [6.07, 6.45) is 2.88. The van der Waals surface area contributed by atoms with Crippen LogP contribution in [0, 0.1) is 13.8 Å². The Kier molecular flexibility index (Phi) is 3.97. The Morgan fingerprint density at radius 1 is 1.05 bits per heavy atom.